The Kier molecular flexibility index (Phi) is 3.38. The molecule has 1 aromatic heterocycles. The summed E-state index contributed by atoms with van der Waals surface area (Å²) in [6.45, 7) is 0. The molecule has 17 heavy (non-hydrogen) atoms. The number of benzene rings is 1. The maximum atomic E-state index is 12.6. The number of halogens is 1. The van der Waals surface area contributed by atoms with E-state index in [2.05, 4.69) is 10.4 Å². The molecule has 7 heteroatoms. The Balaban J connectivity index is 2.05. The largest absolute Gasteiger partial charge is 0.367 e. The highest BCUT2D eigenvalue weighted by Crippen LogP contribution is 2.18. The minimum absolute atomic E-state index is 0.275. The Hall–Kier alpha value is -1.89. The number of aryl methyl sites for hydroxylation is 1. The molecule has 0 N–H and O–H groups in total. The van der Waals surface area contributed by atoms with Crippen LogP contribution in [0.2, 0.25) is 0 Å². The number of hydrogen-bond donors (Lipinski definition) is 0. The fourth-order valence-corrected chi connectivity index (χ4v) is 1.73. The van der Waals surface area contributed by atoms with Gasteiger partial charge >= 0.3 is 5.69 Å². The average molecular weight is 252 g/mol. The van der Waals surface area contributed by atoms with Gasteiger partial charge in [0.05, 0.1) is 0 Å². The van der Waals surface area contributed by atoms with E-state index in [1.54, 1.807) is 17.5 Å². The standard InChI is InChI=1S/C10H9FN4OS/c1-14-10(16)15(13-12-14)6-7-17-9-4-2-8(11)3-5-9/h2-7H,1H3/b7-6+. The quantitative estimate of drug-likeness (QED) is 0.773. The van der Waals surface area contributed by atoms with Gasteiger partial charge in [-0.05, 0) is 40.1 Å². The number of aromatic nitrogens is 4. The van der Waals surface area contributed by atoms with E-state index < -0.39 is 0 Å². The van der Waals surface area contributed by atoms with Gasteiger partial charge in [0.15, 0.2) is 0 Å². The third-order valence-corrected chi connectivity index (χ3v) is 2.77. The molecule has 1 heterocycles. The monoisotopic (exact) mass is 252 g/mol. The van der Waals surface area contributed by atoms with Crippen LogP contribution >= 0.6 is 11.8 Å². The number of nitrogens with zero attached hydrogens (tertiary/aromatic N) is 4. The van der Waals surface area contributed by atoms with Gasteiger partial charge in [0, 0.05) is 18.1 Å². The summed E-state index contributed by atoms with van der Waals surface area (Å²) in [6.07, 6.45) is 1.50. The second kappa shape index (κ2) is 4.96. The molecule has 0 saturated heterocycles. The summed E-state index contributed by atoms with van der Waals surface area (Å²) >= 11 is 1.36. The first-order valence-electron chi connectivity index (χ1n) is 4.74. The Labute approximate surface area is 101 Å². The van der Waals surface area contributed by atoms with E-state index in [1.807, 2.05) is 0 Å². The van der Waals surface area contributed by atoms with Gasteiger partial charge in [0.1, 0.15) is 5.82 Å². The van der Waals surface area contributed by atoms with Gasteiger partial charge in [-0.2, -0.15) is 9.36 Å². The molecule has 0 fully saturated rings. The van der Waals surface area contributed by atoms with Crippen LogP contribution in [-0.2, 0) is 7.05 Å². The Bertz CT molecular complexity index is 587. The van der Waals surface area contributed by atoms with Gasteiger partial charge in [0.2, 0.25) is 0 Å². The average Bonchev–Trinajstić information content (AvgIpc) is 2.64. The zero-order valence-corrected chi connectivity index (χ0v) is 9.76. The highest BCUT2D eigenvalue weighted by Gasteiger charge is 1.98. The van der Waals surface area contributed by atoms with Crippen LogP contribution in [0.15, 0.2) is 39.4 Å². The lowest BCUT2D eigenvalue weighted by Crippen LogP contribution is -2.19. The molecule has 0 aliphatic carbocycles. The summed E-state index contributed by atoms with van der Waals surface area (Å²) in [5, 5.41) is 8.86. The third kappa shape index (κ3) is 2.82. The lowest BCUT2D eigenvalue weighted by molar-refractivity contribution is 0.626. The fourth-order valence-electron chi connectivity index (χ4n) is 1.10. The summed E-state index contributed by atoms with van der Waals surface area (Å²) in [4.78, 5) is 12.2. The van der Waals surface area contributed by atoms with E-state index in [9.17, 15) is 9.18 Å². The predicted molar refractivity (Wildman–Crippen MR) is 62.9 cm³/mol. The van der Waals surface area contributed by atoms with Crippen LogP contribution in [0, 0.1) is 5.82 Å². The molecule has 88 valence electrons. The van der Waals surface area contributed by atoms with Crippen molar-refractivity contribution in [3.8, 4) is 0 Å². The molecule has 5 nitrogen and oxygen atoms in total. The van der Waals surface area contributed by atoms with Crippen LogP contribution in [-0.4, -0.2) is 19.8 Å². The highest BCUT2D eigenvalue weighted by atomic mass is 32.2. The maximum Gasteiger partial charge on any atom is 0.367 e. The van der Waals surface area contributed by atoms with Crippen molar-refractivity contribution < 1.29 is 4.39 Å². The molecule has 2 aromatic rings. The van der Waals surface area contributed by atoms with Crippen molar-refractivity contribution in [1.29, 1.82) is 0 Å². The second-order valence-corrected chi connectivity index (χ2v) is 4.17. The van der Waals surface area contributed by atoms with Crippen LogP contribution in [0.5, 0.6) is 0 Å². The number of rotatable bonds is 3. The van der Waals surface area contributed by atoms with Crippen molar-refractivity contribution in [2.45, 2.75) is 4.90 Å². The molecule has 0 amide bonds. The van der Waals surface area contributed by atoms with Gasteiger partial charge in [-0.1, -0.05) is 11.8 Å². The summed E-state index contributed by atoms with van der Waals surface area (Å²) in [5.41, 5.74) is -0.319. The van der Waals surface area contributed by atoms with E-state index in [0.717, 1.165) is 14.3 Å². The summed E-state index contributed by atoms with van der Waals surface area (Å²) in [6, 6.07) is 6.07. The highest BCUT2D eigenvalue weighted by molar-refractivity contribution is 8.02. The normalized spacial score (nSPS) is 11.2. The molecular formula is C10H9FN4OS. The lowest BCUT2D eigenvalue weighted by atomic mass is 10.4. The SMILES string of the molecule is Cn1nnn(/C=C/Sc2ccc(F)cc2)c1=O. The third-order valence-electron chi connectivity index (χ3n) is 1.96. The van der Waals surface area contributed by atoms with Gasteiger partial charge < -0.3 is 0 Å². The second-order valence-electron chi connectivity index (χ2n) is 3.19. The van der Waals surface area contributed by atoms with Crippen molar-refractivity contribution in [3.63, 3.8) is 0 Å². The van der Waals surface area contributed by atoms with E-state index in [-0.39, 0.29) is 11.5 Å². The van der Waals surface area contributed by atoms with Crippen LogP contribution in [0.4, 0.5) is 4.39 Å². The minimum atomic E-state index is -0.319. The molecule has 0 bridgehead atoms. The van der Waals surface area contributed by atoms with Crippen LogP contribution < -0.4 is 5.69 Å². The predicted octanol–water partition coefficient (Wildman–Crippen LogP) is 1.34. The summed E-state index contributed by atoms with van der Waals surface area (Å²) in [7, 11) is 1.52. The molecule has 0 atom stereocenters. The molecule has 0 spiro atoms. The first-order chi connectivity index (χ1) is 8.16. The molecule has 0 saturated carbocycles. The zero-order chi connectivity index (χ0) is 12.3. The number of tetrazole rings is 1. The maximum absolute atomic E-state index is 12.6. The Morgan fingerprint density at radius 3 is 2.59 bits per heavy atom. The number of thioether (sulfide) groups is 1. The van der Waals surface area contributed by atoms with Crippen LogP contribution in [0.1, 0.15) is 0 Å². The Morgan fingerprint density at radius 2 is 2.00 bits per heavy atom. The molecule has 0 aliphatic rings. The van der Waals surface area contributed by atoms with E-state index in [4.69, 9.17) is 0 Å². The molecule has 0 radical (unpaired) electrons. The lowest BCUT2D eigenvalue weighted by Gasteiger charge is -1.94. The molecular weight excluding hydrogens is 243 g/mol. The molecule has 1 aromatic carbocycles. The van der Waals surface area contributed by atoms with Crippen molar-refractivity contribution in [3.05, 3.63) is 46.0 Å². The van der Waals surface area contributed by atoms with Crippen molar-refractivity contribution in [2.75, 3.05) is 0 Å². The van der Waals surface area contributed by atoms with Crippen LogP contribution in [0.3, 0.4) is 0 Å². The Morgan fingerprint density at radius 1 is 1.29 bits per heavy atom. The van der Waals surface area contributed by atoms with E-state index in [0.29, 0.717) is 0 Å². The van der Waals surface area contributed by atoms with Gasteiger partial charge in [-0.25, -0.2) is 9.18 Å². The fraction of sp³-hybridized carbons (Fsp3) is 0.100. The van der Waals surface area contributed by atoms with Crippen molar-refractivity contribution in [1.82, 2.24) is 19.8 Å². The molecule has 0 unspecified atom stereocenters. The van der Waals surface area contributed by atoms with E-state index >= 15 is 0 Å². The van der Waals surface area contributed by atoms with Gasteiger partial charge in [0.25, 0.3) is 0 Å². The van der Waals surface area contributed by atoms with Gasteiger partial charge in [-0.3, -0.25) is 0 Å². The van der Waals surface area contributed by atoms with Crippen LogP contribution in [0.25, 0.3) is 6.20 Å². The first-order valence-corrected chi connectivity index (χ1v) is 5.62. The van der Waals surface area contributed by atoms with Crippen molar-refractivity contribution in [2.24, 2.45) is 7.05 Å². The summed E-state index contributed by atoms with van der Waals surface area (Å²) in [5.74, 6) is -0.275. The molecule has 2 rings (SSSR count). The van der Waals surface area contributed by atoms with Crippen molar-refractivity contribution >= 4 is 18.0 Å². The zero-order valence-electron chi connectivity index (χ0n) is 8.95. The van der Waals surface area contributed by atoms with E-state index in [1.165, 1.54) is 37.1 Å². The topological polar surface area (TPSA) is 52.7 Å². The van der Waals surface area contributed by atoms with Gasteiger partial charge in [-0.15, -0.1) is 0 Å². The smallest absolute Gasteiger partial charge is 0.244 e. The molecule has 0 aliphatic heterocycles. The number of hydrogen-bond acceptors (Lipinski definition) is 4. The minimum Gasteiger partial charge on any atom is -0.244 e. The first kappa shape index (κ1) is 11.6. The summed E-state index contributed by atoms with van der Waals surface area (Å²) < 4.78 is 14.9.